The summed E-state index contributed by atoms with van der Waals surface area (Å²) in [6.07, 6.45) is 3.32. The minimum Gasteiger partial charge on any atom is -0.521 e. The van der Waals surface area contributed by atoms with Gasteiger partial charge in [-0.1, -0.05) is 6.92 Å². The summed E-state index contributed by atoms with van der Waals surface area (Å²) in [7, 11) is 0. The Morgan fingerprint density at radius 1 is 1.67 bits per heavy atom. The van der Waals surface area contributed by atoms with Crippen LogP contribution in [0.4, 0.5) is 0 Å². The topological polar surface area (TPSA) is 66.4 Å². The maximum atomic E-state index is 9.52. The number of thioether (sulfide) groups is 1. The van der Waals surface area contributed by atoms with E-state index in [0.717, 1.165) is 0 Å². The van der Waals surface area contributed by atoms with Gasteiger partial charge in [0.05, 0.1) is 6.54 Å². The molecule has 0 aromatic carbocycles. The molecule has 0 unspecified atom stereocenters. The van der Waals surface area contributed by atoms with Crippen LogP contribution in [-0.2, 0) is 9.59 Å². The predicted octanol–water partition coefficient (Wildman–Crippen LogP) is 0.0971. The summed E-state index contributed by atoms with van der Waals surface area (Å²) in [6.45, 7) is 1.79. The molecule has 0 aliphatic heterocycles. The number of rotatable bonds is 4. The molecule has 1 amide bonds. The summed E-state index contributed by atoms with van der Waals surface area (Å²) >= 11 is 1.86. The Labute approximate surface area is 70.4 Å². The third-order valence-electron chi connectivity index (χ3n) is 0.600. The Kier molecular flexibility index (Phi) is 22.5. The maximum absolute atomic E-state index is 9.52. The fourth-order valence-corrected chi connectivity index (χ4v) is 0.112. The third kappa shape index (κ3) is 40.7. The first kappa shape index (κ1) is 16.7. The van der Waals surface area contributed by atoms with Gasteiger partial charge in [0, 0.05) is 0 Å². The molecule has 0 atom stereocenters. The van der Waals surface area contributed by atoms with Crippen molar-refractivity contribution in [2.45, 2.75) is 6.92 Å². The molecule has 78 valence electrons. The number of carboxylic acids is 1. The van der Waals surface area contributed by atoms with Gasteiger partial charge in [-0.3, -0.25) is 4.79 Å². The first-order valence-electron chi connectivity index (χ1n) is 2.99. The number of hydrogen-bond acceptors (Lipinski definition) is 3. The maximum Gasteiger partial charge on any atom is 0.320 e. The Morgan fingerprint density at radius 3 is 2.17 bits per heavy atom. The van der Waals surface area contributed by atoms with Gasteiger partial charge in [-0.25, -0.2) is 0 Å². The number of carbonyl (C=O) groups is 1. The predicted molar refractivity (Wildman–Crippen MR) is 45.4 cm³/mol. The van der Waals surface area contributed by atoms with Crippen LogP contribution in [0.1, 0.15) is 6.92 Å². The van der Waals surface area contributed by atoms with E-state index in [9.17, 15) is 9.59 Å². The molecule has 0 rings (SSSR count). The van der Waals surface area contributed by atoms with E-state index in [1.54, 1.807) is 0 Å². The van der Waals surface area contributed by atoms with Crippen molar-refractivity contribution in [2.75, 3.05) is 18.6 Å². The molecule has 6 heteroatoms. The molecule has 0 radical (unpaired) electrons. The molecule has 0 aliphatic carbocycles. The molecule has 2 N–H and O–H groups in total. The third-order valence-corrected chi connectivity index (χ3v) is 1.18. The molecule has 4 nitrogen and oxygen atoms in total. The monoisotopic (exact) mass is 435 g/mol. The van der Waals surface area contributed by atoms with Crippen LogP contribution in [0.15, 0.2) is 0 Å². The first-order valence-corrected chi connectivity index (χ1v) is 4.39. The van der Waals surface area contributed by atoms with Gasteiger partial charge in [-0.15, -0.1) is 0 Å². The fourth-order valence-electron chi connectivity index (χ4n) is 0.112. The minimum absolute atomic E-state index is 0. The van der Waals surface area contributed by atoms with Crippen molar-refractivity contribution in [3.8, 4) is 0 Å². The molecular formula is C6H12FmNO3S-. The van der Waals surface area contributed by atoms with Gasteiger partial charge in [-0.2, -0.15) is 18.2 Å². The van der Waals surface area contributed by atoms with E-state index in [4.69, 9.17) is 5.11 Å². The van der Waals surface area contributed by atoms with Crippen molar-refractivity contribution in [3.05, 3.63) is 0 Å². The number of amides is 1. The number of carboxylic acid groups (broad SMARTS) is 1. The molecule has 0 aromatic heterocycles. The van der Waals surface area contributed by atoms with Crippen LogP contribution in [-0.4, -0.2) is 36.0 Å². The SMILES string of the molecule is CCSC.O=[C-]NCC(=O)O.[Fm]. The van der Waals surface area contributed by atoms with Crippen LogP contribution >= 0.6 is 11.8 Å². The van der Waals surface area contributed by atoms with Crippen molar-refractivity contribution in [3.63, 3.8) is 0 Å². The fraction of sp³-hybridized carbons (Fsp3) is 0.667. The van der Waals surface area contributed by atoms with Crippen LogP contribution in [0, 0.1) is 0 Å². The second kappa shape index (κ2) is 16.1. The Balaban J connectivity index is -0.000000142. The van der Waals surface area contributed by atoms with Crippen molar-refractivity contribution in [2.24, 2.45) is 0 Å². The van der Waals surface area contributed by atoms with E-state index in [1.807, 2.05) is 17.1 Å². The van der Waals surface area contributed by atoms with Crippen LogP contribution in [0.25, 0.3) is 0 Å². The van der Waals surface area contributed by atoms with E-state index in [-0.39, 0.29) is 6.54 Å². The smallest absolute Gasteiger partial charge is 0.320 e. The summed E-state index contributed by atoms with van der Waals surface area (Å²) < 4.78 is 0. The van der Waals surface area contributed by atoms with Gasteiger partial charge in [0.25, 0.3) is 0 Å². The summed E-state index contributed by atoms with van der Waals surface area (Å²) in [5.74, 6) is 0.170. The van der Waals surface area contributed by atoms with Gasteiger partial charge in [0.1, 0.15) is 0 Å². The standard InChI is InChI=1S/C3H4NO3.C3H8S.Fm/c5-2-4-1-3(6)7;1-3-4-2;/h1H2,(H,4,5)(H,6,7);3H2,1-2H3;/q-1;;. The molecule has 0 aliphatic rings. The molecule has 0 heterocycles. The van der Waals surface area contributed by atoms with E-state index >= 15 is 0 Å². The average molecular weight is 435 g/mol. The zero-order chi connectivity index (χ0) is 9.11. The first-order chi connectivity index (χ1) is 5.18. The quantitative estimate of drug-likeness (QED) is 0.486. The summed E-state index contributed by atoms with van der Waals surface area (Å²) in [5, 5.41) is 9.65. The van der Waals surface area contributed by atoms with Crippen molar-refractivity contribution in [1.29, 1.82) is 0 Å². The minimum atomic E-state index is -1.07. The molecule has 0 saturated carbocycles. The number of aliphatic carboxylic acids is 1. The van der Waals surface area contributed by atoms with E-state index < -0.39 is 5.97 Å². The molecule has 12 heavy (non-hydrogen) atoms. The second-order valence-electron chi connectivity index (χ2n) is 1.43. The molecule has 0 spiro atoms. The number of carbonyl (C=O) groups excluding carboxylic acids is 1. The van der Waals surface area contributed by atoms with E-state index in [0.29, 0.717) is 0 Å². The largest absolute Gasteiger partial charge is 0.521 e. The summed E-state index contributed by atoms with van der Waals surface area (Å²) in [6, 6.07) is 0. The van der Waals surface area contributed by atoms with Gasteiger partial charge < -0.3 is 15.2 Å². The zero-order valence-electron chi connectivity index (χ0n) is 6.87. The van der Waals surface area contributed by atoms with Gasteiger partial charge in [0.2, 0.25) is 0 Å². The summed E-state index contributed by atoms with van der Waals surface area (Å²) in [5.41, 5.74) is 0. The van der Waals surface area contributed by atoms with Gasteiger partial charge in [-0.05, 0) is 12.0 Å². The van der Waals surface area contributed by atoms with E-state index in [2.05, 4.69) is 13.2 Å². The van der Waals surface area contributed by atoms with Gasteiger partial charge >= 0.3 is 5.97 Å². The second-order valence-corrected chi connectivity index (χ2v) is 2.58. The Hall–Kier alpha value is -1.71. The molecule has 0 saturated heterocycles. The Morgan fingerprint density at radius 2 is 2.08 bits per heavy atom. The zero-order valence-corrected chi connectivity index (χ0v) is 10.1. The van der Waals surface area contributed by atoms with Crippen molar-refractivity contribution >= 4 is 24.1 Å². The average Bonchev–Trinajstić information content (AvgIpc) is 2.01. The molecule has 0 aromatic rings. The van der Waals surface area contributed by atoms with E-state index in [1.165, 1.54) is 12.2 Å². The number of hydrogen-bond donors (Lipinski definition) is 2. The normalized spacial score (nSPS) is 6.83. The Bertz CT molecular complexity index is 111. The van der Waals surface area contributed by atoms with Crippen LogP contribution < -0.4 is 5.32 Å². The van der Waals surface area contributed by atoms with Crippen LogP contribution in [0.2, 0.25) is 0 Å². The van der Waals surface area contributed by atoms with Crippen LogP contribution in [0.3, 0.4) is 0 Å². The summed E-state index contributed by atoms with van der Waals surface area (Å²) in [4.78, 5) is 18.7. The van der Waals surface area contributed by atoms with Gasteiger partial charge in [0.15, 0.2) is 0 Å². The molecule has 0 fully saturated rings. The van der Waals surface area contributed by atoms with Crippen molar-refractivity contribution in [1.82, 2.24) is 5.32 Å². The number of nitrogens with one attached hydrogen (secondary N) is 1. The van der Waals surface area contributed by atoms with Crippen LogP contribution in [0.5, 0.6) is 0 Å². The van der Waals surface area contributed by atoms with Crippen molar-refractivity contribution < 1.29 is 14.7 Å². The molecular weight excluding hydrogens is 423 g/mol. The molecule has 0 bridgehead atoms.